The van der Waals surface area contributed by atoms with Crippen LogP contribution < -0.4 is 0 Å². The minimum absolute atomic E-state index is 0.101. The van der Waals surface area contributed by atoms with E-state index in [1.54, 1.807) is 24.3 Å². The Hall–Kier alpha value is -2.63. The molecule has 24 heavy (non-hydrogen) atoms. The molecule has 5 nitrogen and oxygen atoms in total. The molecule has 0 aliphatic heterocycles. The van der Waals surface area contributed by atoms with Gasteiger partial charge >= 0.3 is 5.97 Å². The number of oxazole rings is 1. The van der Waals surface area contributed by atoms with E-state index in [0.29, 0.717) is 22.2 Å². The number of hydrogen-bond donors (Lipinski definition) is 1. The van der Waals surface area contributed by atoms with Crippen molar-refractivity contribution in [3.8, 4) is 11.5 Å². The first-order valence-electron chi connectivity index (χ1n) is 7.24. The predicted octanol–water partition coefficient (Wildman–Crippen LogP) is 3.77. The van der Waals surface area contributed by atoms with Gasteiger partial charge in [-0.2, -0.15) is 0 Å². The van der Waals surface area contributed by atoms with Gasteiger partial charge in [-0.15, -0.1) is 0 Å². The zero-order valence-electron chi connectivity index (χ0n) is 12.6. The van der Waals surface area contributed by atoms with Crippen LogP contribution in [0.4, 0.5) is 0 Å². The van der Waals surface area contributed by atoms with Crippen molar-refractivity contribution in [2.75, 3.05) is 0 Å². The van der Waals surface area contributed by atoms with Gasteiger partial charge in [0.15, 0.2) is 6.10 Å². The molecule has 0 unspecified atom stereocenters. The first-order valence-corrected chi connectivity index (χ1v) is 7.62. The molecular formula is C18H14ClNO4. The maximum absolute atomic E-state index is 12.0. The number of esters is 1. The van der Waals surface area contributed by atoms with E-state index in [0.717, 1.165) is 5.56 Å². The summed E-state index contributed by atoms with van der Waals surface area (Å²) >= 11 is 5.96. The van der Waals surface area contributed by atoms with Crippen LogP contribution in [0.5, 0.6) is 0 Å². The Balaban J connectivity index is 1.63. The zero-order valence-corrected chi connectivity index (χ0v) is 13.3. The summed E-state index contributed by atoms with van der Waals surface area (Å²) in [6, 6.07) is 15.9. The summed E-state index contributed by atoms with van der Waals surface area (Å²) in [7, 11) is 0. The van der Waals surface area contributed by atoms with Crippen LogP contribution in [0, 0.1) is 0 Å². The molecule has 0 fully saturated rings. The largest absolute Gasteiger partial charge is 0.457 e. The molecule has 0 radical (unpaired) electrons. The van der Waals surface area contributed by atoms with Gasteiger partial charge in [-0.25, -0.2) is 9.78 Å². The molecule has 1 atom stereocenters. The van der Waals surface area contributed by atoms with E-state index in [9.17, 15) is 9.90 Å². The highest BCUT2D eigenvalue weighted by atomic mass is 35.5. The quantitative estimate of drug-likeness (QED) is 0.714. The van der Waals surface area contributed by atoms with Gasteiger partial charge in [-0.1, -0.05) is 48.0 Å². The molecule has 1 heterocycles. The lowest BCUT2D eigenvalue weighted by Gasteiger charge is -2.11. The second-order valence-corrected chi connectivity index (χ2v) is 5.45. The van der Waals surface area contributed by atoms with Crippen LogP contribution in [-0.2, 0) is 16.1 Å². The summed E-state index contributed by atoms with van der Waals surface area (Å²) in [5.74, 6) is -0.360. The van der Waals surface area contributed by atoms with Crippen LogP contribution in [0.2, 0.25) is 5.02 Å². The molecule has 0 saturated carbocycles. The predicted molar refractivity (Wildman–Crippen MR) is 88.1 cm³/mol. The molecule has 122 valence electrons. The summed E-state index contributed by atoms with van der Waals surface area (Å²) in [6.07, 6.45) is -0.0310. The summed E-state index contributed by atoms with van der Waals surface area (Å²) < 4.78 is 10.4. The van der Waals surface area contributed by atoms with E-state index in [1.807, 2.05) is 30.3 Å². The smallest absolute Gasteiger partial charge is 0.340 e. The van der Waals surface area contributed by atoms with Gasteiger partial charge in [0.1, 0.15) is 18.6 Å². The van der Waals surface area contributed by atoms with Crippen molar-refractivity contribution in [3.63, 3.8) is 0 Å². The maximum Gasteiger partial charge on any atom is 0.340 e. The number of rotatable bonds is 5. The third-order valence-electron chi connectivity index (χ3n) is 3.36. The molecule has 0 aliphatic rings. The normalized spacial score (nSPS) is 11.9. The number of aromatic nitrogens is 1. The van der Waals surface area contributed by atoms with Gasteiger partial charge in [-0.3, -0.25) is 0 Å². The van der Waals surface area contributed by atoms with Gasteiger partial charge in [0.05, 0.1) is 0 Å². The third-order valence-corrected chi connectivity index (χ3v) is 3.70. The van der Waals surface area contributed by atoms with Crippen LogP contribution >= 0.6 is 11.6 Å². The average Bonchev–Trinajstić information content (AvgIpc) is 3.09. The minimum Gasteiger partial charge on any atom is -0.457 e. The molecule has 1 aromatic heterocycles. The highest BCUT2D eigenvalue weighted by molar-refractivity contribution is 6.31. The third kappa shape index (κ3) is 3.64. The van der Waals surface area contributed by atoms with Crippen molar-refractivity contribution in [2.24, 2.45) is 0 Å². The van der Waals surface area contributed by atoms with E-state index in [2.05, 4.69) is 4.98 Å². The highest BCUT2D eigenvalue weighted by Crippen LogP contribution is 2.24. The van der Waals surface area contributed by atoms with Gasteiger partial charge in [-0.05, 0) is 18.2 Å². The molecule has 0 amide bonds. The maximum atomic E-state index is 12.0. The van der Waals surface area contributed by atoms with Crippen LogP contribution in [0.3, 0.4) is 0 Å². The molecule has 3 aromatic rings. The number of aliphatic hydroxyl groups is 1. The fraction of sp³-hybridized carbons (Fsp3) is 0.111. The number of hydrogen-bond acceptors (Lipinski definition) is 5. The molecule has 1 N–H and O–H groups in total. The number of carbonyl (C=O) groups is 1. The number of benzene rings is 2. The standard InChI is InChI=1S/C18H14ClNO4/c19-15-9-5-4-8-14(15)16(21)18(22)24-11-13-10-23-17(20-13)12-6-2-1-3-7-12/h1-10,16,21H,11H2/t16-/m1/s1. The molecule has 0 spiro atoms. The summed E-state index contributed by atoms with van der Waals surface area (Å²) in [4.78, 5) is 16.2. The minimum atomic E-state index is -1.45. The van der Waals surface area contributed by atoms with E-state index in [1.165, 1.54) is 6.26 Å². The Morgan fingerprint density at radius 3 is 2.62 bits per heavy atom. The van der Waals surface area contributed by atoms with E-state index in [4.69, 9.17) is 20.8 Å². The molecule has 3 rings (SSSR count). The van der Waals surface area contributed by atoms with Crippen molar-refractivity contribution in [1.82, 2.24) is 4.98 Å². The molecule has 0 bridgehead atoms. The number of halogens is 1. The van der Waals surface area contributed by atoms with Crippen molar-refractivity contribution in [1.29, 1.82) is 0 Å². The van der Waals surface area contributed by atoms with E-state index < -0.39 is 12.1 Å². The molecule has 0 aliphatic carbocycles. The van der Waals surface area contributed by atoms with Gasteiger partial charge in [0.2, 0.25) is 5.89 Å². The molecule has 6 heteroatoms. The van der Waals surface area contributed by atoms with E-state index in [-0.39, 0.29) is 6.61 Å². The Labute approximate surface area is 143 Å². The summed E-state index contributed by atoms with van der Waals surface area (Å²) in [5.41, 5.74) is 1.58. The summed E-state index contributed by atoms with van der Waals surface area (Å²) in [5, 5.41) is 10.3. The molecule has 0 saturated heterocycles. The Kier molecular flexibility index (Phi) is 4.93. The van der Waals surface area contributed by atoms with Crippen LogP contribution in [0.1, 0.15) is 17.4 Å². The van der Waals surface area contributed by atoms with Gasteiger partial charge < -0.3 is 14.3 Å². The lowest BCUT2D eigenvalue weighted by atomic mass is 10.1. The SMILES string of the molecule is O=C(OCc1coc(-c2ccccc2)n1)[C@H](O)c1ccccc1Cl. The van der Waals surface area contributed by atoms with Gasteiger partial charge in [0, 0.05) is 16.1 Å². The lowest BCUT2D eigenvalue weighted by Crippen LogP contribution is -2.15. The van der Waals surface area contributed by atoms with Crippen LogP contribution in [-0.4, -0.2) is 16.1 Å². The van der Waals surface area contributed by atoms with Crippen molar-refractivity contribution in [2.45, 2.75) is 12.7 Å². The number of nitrogens with zero attached hydrogens (tertiary/aromatic N) is 1. The lowest BCUT2D eigenvalue weighted by molar-refractivity contribution is -0.155. The van der Waals surface area contributed by atoms with Gasteiger partial charge in [0.25, 0.3) is 0 Å². The second kappa shape index (κ2) is 7.29. The highest BCUT2D eigenvalue weighted by Gasteiger charge is 2.21. The first-order chi connectivity index (χ1) is 11.6. The Morgan fingerprint density at radius 2 is 1.88 bits per heavy atom. The number of ether oxygens (including phenoxy) is 1. The average molecular weight is 344 g/mol. The Bertz CT molecular complexity index is 832. The molecular weight excluding hydrogens is 330 g/mol. The Morgan fingerprint density at radius 1 is 1.17 bits per heavy atom. The van der Waals surface area contributed by atoms with Crippen LogP contribution in [0.25, 0.3) is 11.5 Å². The number of aliphatic hydroxyl groups excluding tert-OH is 1. The van der Waals surface area contributed by atoms with Crippen molar-refractivity contribution in [3.05, 3.63) is 77.1 Å². The molecule has 2 aromatic carbocycles. The second-order valence-electron chi connectivity index (χ2n) is 5.04. The number of carbonyl (C=O) groups excluding carboxylic acids is 1. The van der Waals surface area contributed by atoms with E-state index >= 15 is 0 Å². The monoisotopic (exact) mass is 343 g/mol. The zero-order chi connectivity index (χ0) is 16.9. The summed E-state index contributed by atoms with van der Waals surface area (Å²) in [6.45, 7) is -0.101. The fourth-order valence-corrected chi connectivity index (χ4v) is 2.37. The fourth-order valence-electron chi connectivity index (χ4n) is 2.13. The van der Waals surface area contributed by atoms with Crippen molar-refractivity contribution < 1.29 is 19.1 Å². The van der Waals surface area contributed by atoms with Crippen molar-refractivity contribution >= 4 is 17.6 Å². The van der Waals surface area contributed by atoms with Crippen LogP contribution in [0.15, 0.2) is 65.3 Å². The topological polar surface area (TPSA) is 72.6 Å². The first kappa shape index (κ1) is 16.2.